The first-order valence-corrected chi connectivity index (χ1v) is 17.1. The molecule has 10 heteroatoms. The Morgan fingerprint density at radius 3 is 2.28 bits per heavy atom. The van der Waals surface area contributed by atoms with Gasteiger partial charge in [0.2, 0.25) is 0 Å². The largest absolute Gasteiger partial charge is 0.462 e. The smallest absolute Gasteiger partial charge is 0.306 e. The van der Waals surface area contributed by atoms with Gasteiger partial charge in [0.05, 0.1) is 23.5 Å². The van der Waals surface area contributed by atoms with Gasteiger partial charge in [-0.25, -0.2) is 0 Å². The summed E-state index contributed by atoms with van der Waals surface area (Å²) in [7, 11) is 4.88. The van der Waals surface area contributed by atoms with Crippen LogP contribution in [-0.4, -0.2) is 86.6 Å². The van der Waals surface area contributed by atoms with Crippen molar-refractivity contribution in [2.24, 2.45) is 35.5 Å². The Hall–Kier alpha value is -1.17. The minimum atomic E-state index is -0.651. The number of methoxy groups -OCH3 is 3. The Bertz CT molecular complexity index is 1060. The molecule has 7 unspecified atom stereocenters. The van der Waals surface area contributed by atoms with Crippen LogP contribution < -0.4 is 0 Å². The fourth-order valence-corrected chi connectivity index (χ4v) is 9.54. The van der Waals surface area contributed by atoms with Gasteiger partial charge in [-0.05, 0) is 68.8 Å². The lowest BCUT2D eigenvalue weighted by Crippen LogP contribution is -2.59. The Balaban J connectivity index is 1.38. The van der Waals surface area contributed by atoms with E-state index < -0.39 is 24.2 Å². The molecule has 4 fully saturated rings. The summed E-state index contributed by atoms with van der Waals surface area (Å²) < 4.78 is 35.9. The van der Waals surface area contributed by atoms with E-state index in [1.165, 1.54) is 0 Å². The minimum Gasteiger partial charge on any atom is -0.462 e. The zero-order valence-electron chi connectivity index (χ0n) is 26.4. The normalized spacial score (nSPS) is 45.7. The number of alkyl halides is 1. The molecule has 0 bridgehead atoms. The van der Waals surface area contributed by atoms with Crippen molar-refractivity contribution in [2.45, 2.75) is 120 Å². The molecule has 43 heavy (non-hydrogen) atoms. The minimum absolute atomic E-state index is 0.0491. The van der Waals surface area contributed by atoms with Crippen molar-refractivity contribution < 1.29 is 42.8 Å². The van der Waals surface area contributed by atoms with Crippen LogP contribution in [0.4, 0.5) is 0 Å². The molecule has 0 aromatic rings. The highest BCUT2D eigenvalue weighted by Crippen LogP contribution is 2.57. The number of cyclic esters (lactones) is 1. The second kappa shape index (κ2) is 14.1. The average Bonchev–Trinajstić information content (AvgIpc) is 3.57. The van der Waals surface area contributed by atoms with Crippen molar-refractivity contribution in [2.75, 3.05) is 21.3 Å². The molecule has 0 radical (unpaired) electrons. The first-order valence-electron chi connectivity index (χ1n) is 16.2. The van der Waals surface area contributed by atoms with Gasteiger partial charge >= 0.3 is 5.97 Å². The predicted molar refractivity (Wildman–Crippen MR) is 162 cm³/mol. The zero-order chi connectivity index (χ0) is 31.0. The summed E-state index contributed by atoms with van der Waals surface area (Å²) in [5.74, 6) is -1.12. The summed E-state index contributed by atoms with van der Waals surface area (Å²) in [5.41, 5.74) is 0.656. The Kier molecular flexibility index (Phi) is 10.9. The maximum absolute atomic E-state index is 14.0. The van der Waals surface area contributed by atoms with E-state index >= 15 is 0 Å². The van der Waals surface area contributed by atoms with Crippen LogP contribution in [0, 0.1) is 35.5 Å². The van der Waals surface area contributed by atoms with Gasteiger partial charge in [0.25, 0.3) is 0 Å². The van der Waals surface area contributed by atoms with Crippen molar-refractivity contribution in [3.63, 3.8) is 0 Å². The van der Waals surface area contributed by atoms with Gasteiger partial charge in [0.1, 0.15) is 24.4 Å². The summed E-state index contributed by atoms with van der Waals surface area (Å²) in [6, 6.07) is 0. The van der Waals surface area contributed by atoms with Crippen molar-refractivity contribution in [3.05, 3.63) is 11.6 Å². The number of Topliss-reactive ketones (excluding diaryl/α,β-unsaturated/α-hetero) is 2. The molecule has 5 aliphatic rings. The summed E-state index contributed by atoms with van der Waals surface area (Å²) in [5, 5.41) is 0. The van der Waals surface area contributed by atoms with E-state index in [0.717, 1.165) is 38.5 Å². The third-order valence-corrected chi connectivity index (χ3v) is 12.0. The van der Waals surface area contributed by atoms with Crippen molar-refractivity contribution >= 4 is 33.5 Å². The number of fused-ring (bicyclic) bond motifs is 5. The van der Waals surface area contributed by atoms with Crippen LogP contribution in [0.15, 0.2) is 11.6 Å². The van der Waals surface area contributed by atoms with Gasteiger partial charge in [-0.1, -0.05) is 42.3 Å². The molecule has 0 spiro atoms. The second-order valence-corrected chi connectivity index (χ2v) is 14.3. The quantitative estimate of drug-likeness (QED) is 0.291. The van der Waals surface area contributed by atoms with Gasteiger partial charge in [0, 0.05) is 39.1 Å². The van der Waals surface area contributed by atoms with E-state index in [0.29, 0.717) is 12.0 Å². The molecule has 9 nitrogen and oxygen atoms in total. The number of carbonyl (C=O) groups is 3. The third-order valence-electron chi connectivity index (χ3n) is 10.9. The van der Waals surface area contributed by atoms with Crippen molar-refractivity contribution in [1.82, 2.24) is 0 Å². The molecule has 0 amide bonds. The fraction of sp³-hybridized carbons (Fsp3) is 0.848. The molecule has 0 aromatic heterocycles. The zero-order valence-corrected chi connectivity index (χ0v) is 28.0. The molecule has 0 N–H and O–H groups in total. The second-order valence-electron chi connectivity index (χ2n) is 13.3. The highest BCUT2D eigenvalue weighted by Gasteiger charge is 2.59. The Morgan fingerprint density at radius 1 is 0.930 bits per heavy atom. The Labute approximate surface area is 264 Å². The third kappa shape index (κ3) is 6.43. The maximum Gasteiger partial charge on any atom is 0.306 e. The standard InChI is InChI=1S/C33H49BrO9/c1-7-18-11-9-8-10-16(2)28(36)24-14-21-20-12-19(43-33-32(40-6)31(39-5)30(38-4)17(3)41-33)13-23(20)27(34)29(37)26(21)22(24)15-25(35)42-18/h14,16-23,26-27,30-33H,7-13,15H2,1-6H3/t16-,17?,18+,19+,20+,21+,22-,23?,26-,27?,30?,31?,32?,33?/m1/s1. The molecule has 14 atom stereocenters. The van der Waals surface area contributed by atoms with Gasteiger partial charge in [-0.3, -0.25) is 14.4 Å². The van der Waals surface area contributed by atoms with E-state index in [-0.39, 0.29) is 83.0 Å². The van der Waals surface area contributed by atoms with Crippen LogP contribution in [0.1, 0.15) is 72.1 Å². The first-order chi connectivity index (χ1) is 20.6. The number of esters is 1. The summed E-state index contributed by atoms with van der Waals surface area (Å²) >= 11 is 3.77. The molecule has 0 aromatic carbocycles. The lowest BCUT2D eigenvalue weighted by atomic mass is 9.65. The Morgan fingerprint density at radius 2 is 1.60 bits per heavy atom. The number of ether oxygens (including phenoxy) is 6. The van der Waals surface area contributed by atoms with Gasteiger partial charge in [0.15, 0.2) is 17.9 Å². The molecule has 2 aliphatic heterocycles. The van der Waals surface area contributed by atoms with Crippen LogP contribution in [0.25, 0.3) is 0 Å². The number of rotatable bonds is 6. The molecule has 5 rings (SSSR count). The van der Waals surface area contributed by atoms with E-state index in [4.69, 9.17) is 28.4 Å². The summed E-state index contributed by atoms with van der Waals surface area (Å²) in [6.45, 7) is 5.96. The van der Waals surface area contributed by atoms with E-state index in [9.17, 15) is 14.4 Å². The van der Waals surface area contributed by atoms with Crippen LogP contribution in [0.3, 0.4) is 0 Å². The first kappa shape index (κ1) is 33.2. The topological polar surface area (TPSA) is 107 Å². The number of hydrogen-bond donors (Lipinski definition) is 0. The summed E-state index contributed by atoms with van der Waals surface area (Å²) in [4.78, 5) is 40.7. The molecule has 3 aliphatic carbocycles. The highest BCUT2D eigenvalue weighted by atomic mass is 79.9. The molecule has 242 valence electrons. The van der Waals surface area contributed by atoms with Crippen LogP contribution in [0.5, 0.6) is 0 Å². The van der Waals surface area contributed by atoms with Crippen LogP contribution >= 0.6 is 15.9 Å². The van der Waals surface area contributed by atoms with Crippen LogP contribution in [0.2, 0.25) is 0 Å². The average molecular weight is 670 g/mol. The predicted octanol–water partition coefficient (Wildman–Crippen LogP) is 4.81. The molecular formula is C33H49BrO9. The number of allylic oxidation sites excluding steroid dienone is 2. The van der Waals surface area contributed by atoms with Gasteiger partial charge < -0.3 is 28.4 Å². The molecule has 2 heterocycles. The number of halogens is 1. The van der Waals surface area contributed by atoms with Gasteiger partial charge in [-0.2, -0.15) is 0 Å². The highest BCUT2D eigenvalue weighted by molar-refractivity contribution is 9.10. The van der Waals surface area contributed by atoms with Crippen LogP contribution in [-0.2, 0) is 42.8 Å². The van der Waals surface area contributed by atoms with Crippen molar-refractivity contribution in [3.8, 4) is 0 Å². The lowest BCUT2D eigenvalue weighted by Gasteiger charge is -2.44. The van der Waals surface area contributed by atoms with E-state index in [1.54, 1.807) is 21.3 Å². The van der Waals surface area contributed by atoms with Gasteiger partial charge in [-0.15, -0.1) is 0 Å². The molecular weight excluding hydrogens is 620 g/mol. The molecule has 2 saturated heterocycles. The number of ketones is 2. The van der Waals surface area contributed by atoms with E-state index in [1.807, 2.05) is 20.8 Å². The molecule has 2 saturated carbocycles. The number of carbonyl (C=O) groups excluding carboxylic acids is 3. The summed E-state index contributed by atoms with van der Waals surface area (Å²) in [6.07, 6.45) is 5.40. The van der Waals surface area contributed by atoms with Crippen molar-refractivity contribution in [1.29, 1.82) is 0 Å². The monoisotopic (exact) mass is 668 g/mol. The van der Waals surface area contributed by atoms with E-state index in [2.05, 4.69) is 22.0 Å². The lowest BCUT2D eigenvalue weighted by molar-refractivity contribution is -0.314. The fourth-order valence-electron chi connectivity index (χ4n) is 8.63. The maximum atomic E-state index is 14.0. The number of hydrogen-bond acceptors (Lipinski definition) is 9. The SMILES string of the molecule is CC[C@H]1CCCC[C@@H](C)C(=O)C2=C[C@@H]3[C@@H](C(=O)C(Br)C4C[C@@H](OC5OC(C)C(OC)C(OC)C5OC)C[C@H]43)[C@@H]2CC(=O)O1.